The number of carbonyl (C=O) groups is 1. The molecule has 2 fully saturated rings. The monoisotopic (exact) mass is 247 g/mol. The van der Waals surface area contributed by atoms with Gasteiger partial charge in [0.1, 0.15) is 17.9 Å². The molecule has 0 radical (unpaired) electrons. The molecule has 0 N–H and O–H groups in total. The molecule has 0 amide bonds. The lowest BCUT2D eigenvalue weighted by Crippen LogP contribution is -2.15. The molecular weight excluding hydrogens is 226 g/mol. The lowest BCUT2D eigenvalue weighted by molar-refractivity contribution is -0.120. The van der Waals surface area contributed by atoms with Crippen molar-refractivity contribution >= 4 is 5.78 Å². The Morgan fingerprint density at radius 2 is 2.06 bits per heavy atom. The van der Waals surface area contributed by atoms with Gasteiger partial charge in [0.25, 0.3) is 0 Å². The van der Waals surface area contributed by atoms with Crippen LogP contribution in [0.2, 0.25) is 0 Å². The molecular formula is C14H21N3O. The third-order valence-corrected chi connectivity index (χ3v) is 4.50. The zero-order valence-electron chi connectivity index (χ0n) is 11.2. The SMILES string of the molecule is CC(C)n1ncnc1CC(=O)C1C2CCCCC21. The van der Waals surface area contributed by atoms with Crippen molar-refractivity contribution in [3.05, 3.63) is 12.2 Å². The van der Waals surface area contributed by atoms with E-state index < -0.39 is 0 Å². The first-order chi connectivity index (χ1) is 8.68. The van der Waals surface area contributed by atoms with E-state index in [1.54, 1.807) is 6.33 Å². The number of aromatic nitrogens is 3. The van der Waals surface area contributed by atoms with Crippen LogP contribution in [0.5, 0.6) is 0 Å². The minimum atomic E-state index is 0.275. The van der Waals surface area contributed by atoms with Gasteiger partial charge in [-0.05, 0) is 38.5 Å². The highest BCUT2D eigenvalue weighted by Gasteiger charge is 2.54. The van der Waals surface area contributed by atoms with Crippen molar-refractivity contribution in [3.63, 3.8) is 0 Å². The van der Waals surface area contributed by atoms with Crippen LogP contribution in [-0.2, 0) is 11.2 Å². The number of Topliss-reactive ketones (excluding diaryl/α,β-unsaturated/α-hetero) is 1. The number of rotatable bonds is 4. The molecule has 1 aromatic rings. The number of carbonyl (C=O) groups excluding carboxylic acids is 1. The summed E-state index contributed by atoms with van der Waals surface area (Å²) in [6.45, 7) is 4.14. The maximum atomic E-state index is 12.3. The molecule has 18 heavy (non-hydrogen) atoms. The fraction of sp³-hybridized carbons (Fsp3) is 0.786. The van der Waals surface area contributed by atoms with Gasteiger partial charge < -0.3 is 0 Å². The van der Waals surface area contributed by atoms with Gasteiger partial charge in [0.2, 0.25) is 0 Å². The van der Waals surface area contributed by atoms with Crippen LogP contribution >= 0.6 is 0 Å². The Hall–Kier alpha value is -1.19. The number of ketones is 1. The molecule has 1 aromatic heterocycles. The standard InChI is InChI=1S/C14H21N3O/c1-9(2)17-13(15-8-16-17)7-12(18)14-10-5-3-4-6-11(10)14/h8-11,14H,3-7H2,1-2H3. The third-order valence-electron chi connectivity index (χ3n) is 4.50. The first-order valence-corrected chi connectivity index (χ1v) is 7.09. The van der Waals surface area contributed by atoms with Crippen molar-refractivity contribution in [3.8, 4) is 0 Å². The zero-order valence-corrected chi connectivity index (χ0v) is 11.2. The topological polar surface area (TPSA) is 47.8 Å². The molecule has 2 saturated carbocycles. The molecule has 2 unspecified atom stereocenters. The zero-order chi connectivity index (χ0) is 12.7. The van der Waals surface area contributed by atoms with E-state index in [0.717, 1.165) is 5.82 Å². The second-order valence-corrected chi connectivity index (χ2v) is 6.00. The van der Waals surface area contributed by atoms with Crippen LogP contribution in [0.4, 0.5) is 0 Å². The maximum Gasteiger partial charge on any atom is 0.144 e. The Kier molecular flexibility index (Phi) is 2.96. The molecule has 98 valence electrons. The summed E-state index contributed by atoms with van der Waals surface area (Å²) < 4.78 is 1.87. The van der Waals surface area contributed by atoms with Crippen LogP contribution < -0.4 is 0 Å². The summed E-state index contributed by atoms with van der Waals surface area (Å²) in [4.78, 5) is 16.6. The summed E-state index contributed by atoms with van der Waals surface area (Å²) in [6.07, 6.45) is 7.18. The van der Waals surface area contributed by atoms with E-state index in [1.165, 1.54) is 25.7 Å². The molecule has 4 heteroatoms. The van der Waals surface area contributed by atoms with Crippen LogP contribution in [0.1, 0.15) is 51.4 Å². The highest BCUT2D eigenvalue weighted by Crippen LogP contribution is 2.55. The summed E-state index contributed by atoms with van der Waals surface area (Å²) >= 11 is 0. The highest BCUT2D eigenvalue weighted by atomic mass is 16.1. The van der Waals surface area contributed by atoms with E-state index >= 15 is 0 Å². The largest absolute Gasteiger partial charge is 0.299 e. The number of fused-ring (bicyclic) bond motifs is 1. The lowest BCUT2D eigenvalue weighted by atomic mass is 10.0. The Bertz CT molecular complexity index is 440. The Morgan fingerprint density at radius 1 is 1.39 bits per heavy atom. The van der Waals surface area contributed by atoms with Crippen molar-refractivity contribution in [1.82, 2.24) is 14.8 Å². The smallest absolute Gasteiger partial charge is 0.144 e. The predicted molar refractivity (Wildman–Crippen MR) is 68.1 cm³/mol. The van der Waals surface area contributed by atoms with Gasteiger partial charge in [-0.1, -0.05) is 12.8 Å². The number of hydrogen-bond acceptors (Lipinski definition) is 3. The Balaban J connectivity index is 1.66. The number of hydrogen-bond donors (Lipinski definition) is 0. The van der Waals surface area contributed by atoms with Crippen LogP contribution in [0, 0.1) is 17.8 Å². The van der Waals surface area contributed by atoms with Crippen molar-refractivity contribution in [2.45, 2.75) is 52.0 Å². The normalized spacial score (nSPS) is 30.3. The molecule has 2 atom stereocenters. The summed E-state index contributed by atoms with van der Waals surface area (Å²) in [6, 6.07) is 0.275. The molecule has 2 aliphatic carbocycles. The Morgan fingerprint density at radius 3 is 2.67 bits per heavy atom. The average molecular weight is 247 g/mol. The molecule has 0 aromatic carbocycles. The number of nitrogens with zero attached hydrogens (tertiary/aromatic N) is 3. The predicted octanol–water partition coefficient (Wildman–Crippen LogP) is 2.41. The van der Waals surface area contributed by atoms with Gasteiger partial charge in [-0.15, -0.1) is 0 Å². The maximum absolute atomic E-state index is 12.3. The van der Waals surface area contributed by atoms with Crippen molar-refractivity contribution in [2.24, 2.45) is 17.8 Å². The molecule has 3 rings (SSSR count). The van der Waals surface area contributed by atoms with Gasteiger partial charge in [0, 0.05) is 12.0 Å². The van der Waals surface area contributed by atoms with Gasteiger partial charge >= 0.3 is 0 Å². The fourth-order valence-corrected chi connectivity index (χ4v) is 3.58. The van der Waals surface area contributed by atoms with E-state index in [2.05, 4.69) is 23.9 Å². The first kappa shape index (κ1) is 11.9. The average Bonchev–Trinajstić information content (AvgIpc) is 2.90. The second kappa shape index (κ2) is 4.48. The molecule has 0 bridgehead atoms. The van der Waals surface area contributed by atoms with Crippen molar-refractivity contribution in [1.29, 1.82) is 0 Å². The summed E-state index contributed by atoms with van der Waals surface area (Å²) in [5, 5.41) is 4.19. The van der Waals surface area contributed by atoms with Crippen molar-refractivity contribution in [2.75, 3.05) is 0 Å². The molecule has 4 nitrogen and oxygen atoms in total. The highest BCUT2D eigenvalue weighted by molar-refractivity contribution is 5.85. The molecule has 0 saturated heterocycles. The van der Waals surface area contributed by atoms with E-state index in [0.29, 0.717) is 30.0 Å². The fourth-order valence-electron chi connectivity index (χ4n) is 3.58. The van der Waals surface area contributed by atoms with Gasteiger partial charge in [-0.3, -0.25) is 4.79 Å². The quantitative estimate of drug-likeness (QED) is 0.821. The minimum absolute atomic E-state index is 0.275. The van der Waals surface area contributed by atoms with Gasteiger partial charge in [0.15, 0.2) is 0 Å². The van der Waals surface area contributed by atoms with E-state index in [-0.39, 0.29) is 6.04 Å². The van der Waals surface area contributed by atoms with Gasteiger partial charge in [-0.2, -0.15) is 5.10 Å². The first-order valence-electron chi connectivity index (χ1n) is 7.09. The molecule has 1 heterocycles. The third kappa shape index (κ3) is 1.98. The molecule has 0 spiro atoms. The Labute approximate surface area is 108 Å². The van der Waals surface area contributed by atoms with Crippen LogP contribution in [0.25, 0.3) is 0 Å². The van der Waals surface area contributed by atoms with Gasteiger partial charge in [0.05, 0.1) is 6.42 Å². The van der Waals surface area contributed by atoms with Gasteiger partial charge in [-0.25, -0.2) is 9.67 Å². The van der Waals surface area contributed by atoms with Crippen LogP contribution in [0.3, 0.4) is 0 Å². The van der Waals surface area contributed by atoms with Crippen molar-refractivity contribution < 1.29 is 4.79 Å². The summed E-state index contributed by atoms with van der Waals surface area (Å²) in [7, 11) is 0. The summed E-state index contributed by atoms with van der Waals surface area (Å²) in [5.74, 6) is 2.95. The minimum Gasteiger partial charge on any atom is -0.299 e. The van der Waals surface area contributed by atoms with Crippen LogP contribution in [0.15, 0.2) is 6.33 Å². The van der Waals surface area contributed by atoms with Crippen LogP contribution in [-0.4, -0.2) is 20.5 Å². The molecule has 2 aliphatic rings. The van der Waals surface area contributed by atoms with E-state index in [9.17, 15) is 4.79 Å². The van der Waals surface area contributed by atoms with E-state index in [1.807, 2.05) is 4.68 Å². The molecule has 0 aliphatic heterocycles. The second-order valence-electron chi connectivity index (χ2n) is 6.00. The summed E-state index contributed by atoms with van der Waals surface area (Å²) in [5.41, 5.74) is 0. The van der Waals surface area contributed by atoms with E-state index in [4.69, 9.17) is 0 Å². The lowest BCUT2D eigenvalue weighted by Gasteiger charge is -2.08.